The van der Waals surface area contributed by atoms with Crippen molar-refractivity contribution in [3.8, 4) is 22.4 Å². The summed E-state index contributed by atoms with van der Waals surface area (Å²) >= 11 is 0. The Balaban J connectivity index is 0.876. The van der Waals surface area contributed by atoms with Gasteiger partial charge in [-0.1, -0.05) is 78.9 Å². The van der Waals surface area contributed by atoms with E-state index >= 15 is 0 Å². The molecule has 1 aliphatic carbocycles. The summed E-state index contributed by atoms with van der Waals surface area (Å²) in [6.45, 7) is 1.30. The number of likely N-dealkylation sites (tertiary alicyclic amines) is 2. The van der Waals surface area contributed by atoms with E-state index in [9.17, 15) is 19.2 Å². The number of allylic oxidation sites excluding steroid dienone is 1. The van der Waals surface area contributed by atoms with Crippen molar-refractivity contribution in [2.75, 3.05) is 27.3 Å². The first-order chi connectivity index (χ1) is 28.3. The fourth-order valence-electron chi connectivity index (χ4n) is 8.96. The van der Waals surface area contributed by atoms with Crippen molar-refractivity contribution >= 4 is 35.3 Å². The molecule has 3 aliphatic heterocycles. The zero-order valence-corrected chi connectivity index (χ0v) is 32.9. The van der Waals surface area contributed by atoms with Crippen molar-refractivity contribution in [3.63, 3.8) is 0 Å². The van der Waals surface area contributed by atoms with Crippen molar-refractivity contribution in [2.45, 2.75) is 75.5 Å². The number of nitrogens with zero attached hydrogens (tertiary/aromatic N) is 4. The van der Waals surface area contributed by atoms with Crippen LogP contribution in [0.4, 0.5) is 9.59 Å². The molecule has 13 nitrogen and oxygen atoms in total. The van der Waals surface area contributed by atoms with Gasteiger partial charge in [-0.3, -0.25) is 14.6 Å². The fourth-order valence-corrected chi connectivity index (χ4v) is 8.96. The summed E-state index contributed by atoms with van der Waals surface area (Å²) in [5.41, 5.74) is 8.01. The standard InChI is InChI=1S/C45H49N7O6/c1-57-44(55)48-35-21-20-33(24-35)42(53)51-22-6-10-38(51)36-25-34(26-46-36)30-14-12-28(13-15-30)29-16-18-31(19-17-29)37-27-47-41(49-37)39-11-7-23-52(39)43(54)40(50-45(56)58-2)32-8-4-3-5-9-32/h3-5,8-9,12-19,26-27,33,35,38-40H,6-7,10-11,20-25H2,1-2H3,(H,47,49)(H,48,55)(H,50,56)/t33-,35+,38+,39+,40-/m1/s1. The van der Waals surface area contributed by atoms with Gasteiger partial charge in [-0.15, -0.1) is 0 Å². The highest BCUT2D eigenvalue weighted by molar-refractivity contribution is 6.03. The van der Waals surface area contributed by atoms with Crippen LogP contribution in [0.2, 0.25) is 0 Å². The molecule has 4 amide bonds. The molecule has 0 unspecified atom stereocenters. The number of methoxy groups -OCH3 is 2. The molecule has 4 heterocycles. The lowest BCUT2D eigenvalue weighted by Crippen LogP contribution is -2.43. The first-order valence-electron chi connectivity index (χ1n) is 20.2. The number of nitrogens with one attached hydrogen (secondary N) is 3. The Bertz CT molecular complexity index is 2200. The number of ether oxygens (including phenoxy) is 2. The van der Waals surface area contributed by atoms with Gasteiger partial charge in [0.15, 0.2) is 0 Å². The number of imidazole rings is 1. The Morgan fingerprint density at radius 3 is 2.12 bits per heavy atom. The Morgan fingerprint density at radius 1 is 0.759 bits per heavy atom. The zero-order chi connectivity index (χ0) is 40.2. The smallest absolute Gasteiger partial charge is 0.407 e. The second kappa shape index (κ2) is 17.1. The zero-order valence-electron chi connectivity index (χ0n) is 32.9. The Labute approximate surface area is 337 Å². The van der Waals surface area contributed by atoms with Crippen LogP contribution in [0.15, 0.2) is 96.3 Å². The van der Waals surface area contributed by atoms with Crippen LogP contribution in [-0.4, -0.2) is 88.9 Å². The Hall–Kier alpha value is -6.24. The summed E-state index contributed by atoms with van der Waals surface area (Å²) in [6, 6.07) is 24.9. The summed E-state index contributed by atoms with van der Waals surface area (Å²) in [5, 5.41) is 5.57. The van der Waals surface area contributed by atoms with Crippen LogP contribution in [0, 0.1) is 5.92 Å². The van der Waals surface area contributed by atoms with Crippen LogP contribution in [-0.2, 0) is 19.1 Å². The number of carbonyl (C=O) groups is 4. The molecular weight excluding hydrogens is 735 g/mol. The van der Waals surface area contributed by atoms with E-state index in [0.717, 1.165) is 90.7 Å². The van der Waals surface area contributed by atoms with E-state index in [4.69, 9.17) is 19.5 Å². The lowest BCUT2D eigenvalue weighted by Gasteiger charge is -2.28. The first kappa shape index (κ1) is 38.6. The molecule has 300 valence electrons. The van der Waals surface area contributed by atoms with Crippen LogP contribution < -0.4 is 10.6 Å². The number of aromatic nitrogens is 2. The number of benzene rings is 3. The SMILES string of the molecule is COC(=O)N[C@H]1CC[C@@H](C(=O)N2CCC[C@H]2C2=NC=C(c3ccc(-c4ccc(-c5cnc([C@@H]6CCCN6C(=O)[C@H](NC(=O)OC)c6ccccc6)[nH]5)cc4)cc3)C2)C1. The maximum atomic E-state index is 13.9. The predicted octanol–water partition coefficient (Wildman–Crippen LogP) is 7.21. The van der Waals surface area contributed by atoms with Gasteiger partial charge < -0.3 is 34.9 Å². The highest BCUT2D eigenvalue weighted by atomic mass is 16.5. The first-order valence-corrected chi connectivity index (χ1v) is 20.2. The molecule has 0 bridgehead atoms. The van der Waals surface area contributed by atoms with E-state index in [-0.39, 0.29) is 35.9 Å². The van der Waals surface area contributed by atoms with Gasteiger partial charge in [0.25, 0.3) is 5.91 Å². The van der Waals surface area contributed by atoms with Crippen LogP contribution in [0.1, 0.15) is 80.4 Å². The third-order valence-electron chi connectivity index (χ3n) is 12.0. The monoisotopic (exact) mass is 783 g/mol. The number of aliphatic imine (C=N–C) groups is 1. The van der Waals surface area contributed by atoms with E-state index in [1.165, 1.54) is 14.2 Å². The summed E-state index contributed by atoms with van der Waals surface area (Å²) in [6.07, 6.45) is 9.02. The van der Waals surface area contributed by atoms with Crippen molar-refractivity contribution in [1.82, 2.24) is 30.4 Å². The number of alkyl carbamates (subject to hydrolysis) is 2. The third kappa shape index (κ3) is 8.11. The van der Waals surface area contributed by atoms with Crippen molar-refractivity contribution in [1.29, 1.82) is 0 Å². The number of rotatable bonds is 10. The number of amides is 4. The van der Waals surface area contributed by atoms with Gasteiger partial charge in [0.05, 0.1) is 38.2 Å². The van der Waals surface area contributed by atoms with Gasteiger partial charge in [0, 0.05) is 43.4 Å². The van der Waals surface area contributed by atoms with Crippen LogP contribution >= 0.6 is 0 Å². The quantitative estimate of drug-likeness (QED) is 0.153. The maximum Gasteiger partial charge on any atom is 0.407 e. The molecule has 3 fully saturated rings. The molecule has 13 heteroatoms. The average molecular weight is 784 g/mol. The van der Waals surface area contributed by atoms with Crippen molar-refractivity contribution in [2.24, 2.45) is 10.9 Å². The molecule has 1 saturated carbocycles. The molecule has 4 aromatic rings. The number of aromatic amines is 1. The van der Waals surface area contributed by atoms with Crippen molar-refractivity contribution < 1.29 is 28.7 Å². The van der Waals surface area contributed by atoms with Gasteiger partial charge in [-0.25, -0.2) is 14.6 Å². The molecule has 5 atom stereocenters. The minimum absolute atomic E-state index is 0.0135. The molecule has 3 aromatic carbocycles. The minimum Gasteiger partial charge on any atom is -0.453 e. The lowest BCUT2D eigenvalue weighted by atomic mass is 9.96. The highest BCUT2D eigenvalue weighted by Crippen LogP contribution is 2.36. The average Bonchev–Trinajstić information content (AvgIpc) is 4.12. The van der Waals surface area contributed by atoms with Crippen LogP contribution in [0.25, 0.3) is 28.0 Å². The second-order valence-corrected chi connectivity index (χ2v) is 15.5. The number of H-pyrrole nitrogens is 1. The van der Waals surface area contributed by atoms with Gasteiger partial charge >= 0.3 is 12.2 Å². The molecule has 1 aromatic heterocycles. The summed E-state index contributed by atoms with van der Waals surface area (Å²) in [7, 11) is 2.64. The predicted molar refractivity (Wildman–Crippen MR) is 219 cm³/mol. The molecule has 3 N–H and O–H groups in total. The van der Waals surface area contributed by atoms with Gasteiger partial charge in [0.2, 0.25) is 5.91 Å². The van der Waals surface area contributed by atoms with Crippen LogP contribution in [0.3, 0.4) is 0 Å². The summed E-state index contributed by atoms with van der Waals surface area (Å²) in [5.74, 6) is 0.590. The maximum absolute atomic E-state index is 13.9. The molecule has 4 aliphatic rings. The molecule has 2 saturated heterocycles. The van der Waals surface area contributed by atoms with E-state index in [2.05, 4.69) is 64.1 Å². The minimum atomic E-state index is -0.873. The third-order valence-corrected chi connectivity index (χ3v) is 12.0. The fraction of sp³-hybridized carbons (Fsp3) is 0.378. The van der Waals surface area contributed by atoms with Gasteiger partial charge in [-0.2, -0.15) is 0 Å². The molecule has 0 radical (unpaired) electrons. The molecule has 8 rings (SSSR count). The molecular formula is C45H49N7O6. The Kier molecular flexibility index (Phi) is 11.4. The highest BCUT2D eigenvalue weighted by Gasteiger charge is 2.40. The molecule has 0 spiro atoms. The van der Waals surface area contributed by atoms with Crippen LogP contribution in [0.5, 0.6) is 0 Å². The van der Waals surface area contributed by atoms with E-state index < -0.39 is 18.2 Å². The van der Waals surface area contributed by atoms with E-state index in [1.54, 1.807) is 4.90 Å². The van der Waals surface area contributed by atoms with E-state index in [0.29, 0.717) is 24.4 Å². The molecule has 58 heavy (non-hydrogen) atoms. The summed E-state index contributed by atoms with van der Waals surface area (Å²) in [4.78, 5) is 68.2. The summed E-state index contributed by atoms with van der Waals surface area (Å²) < 4.78 is 9.57. The Morgan fingerprint density at radius 2 is 1.41 bits per heavy atom. The number of hydrogen-bond acceptors (Lipinski definition) is 8. The van der Waals surface area contributed by atoms with Gasteiger partial charge in [-0.05, 0) is 78.3 Å². The topological polar surface area (TPSA) is 158 Å². The normalized spacial score (nSPS) is 22.0. The van der Waals surface area contributed by atoms with E-state index in [1.807, 2.05) is 47.6 Å². The number of hydrogen-bond donors (Lipinski definition) is 3. The van der Waals surface area contributed by atoms with Crippen molar-refractivity contribution in [3.05, 3.63) is 108 Å². The lowest BCUT2D eigenvalue weighted by molar-refractivity contribution is -0.135. The largest absolute Gasteiger partial charge is 0.453 e. The number of carbonyl (C=O) groups excluding carboxylic acids is 4. The van der Waals surface area contributed by atoms with Gasteiger partial charge in [0.1, 0.15) is 11.9 Å². The second-order valence-electron chi connectivity index (χ2n) is 15.5.